The zero-order valence-electron chi connectivity index (χ0n) is 10.6. The van der Waals surface area contributed by atoms with Crippen LogP contribution in [0.3, 0.4) is 0 Å². The number of nitrogens with one attached hydrogen (secondary N) is 1. The number of hydrogen-bond acceptors (Lipinski definition) is 1. The van der Waals surface area contributed by atoms with Gasteiger partial charge in [-0.25, -0.2) is 0 Å². The van der Waals surface area contributed by atoms with Crippen molar-refractivity contribution < 1.29 is 0 Å². The summed E-state index contributed by atoms with van der Waals surface area (Å²) in [6, 6.07) is 0. The largest absolute Gasteiger partial charge is 0.314 e. The van der Waals surface area contributed by atoms with E-state index in [-0.39, 0.29) is 0 Å². The Morgan fingerprint density at radius 1 is 0.938 bits per heavy atom. The lowest BCUT2D eigenvalue weighted by Gasteiger charge is -2.58. The summed E-state index contributed by atoms with van der Waals surface area (Å²) in [5.74, 6) is 3.37. The van der Waals surface area contributed by atoms with E-state index in [9.17, 15) is 0 Å². The zero-order chi connectivity index (χ0) is 10.8. The van der Waals surface area contributed by atoms with Gasteiger partial charge in [0.15, 0.2) is 0 Å². The van der Waals surface area contributed by atoms with Crippen molar-refractivity contribution in [3.05, 3.63) is 0 Å². The summed E-state index contributed by atoms with van der Waals surface area (Å²) in [6.07, 6.45) is 13.9. The van der Waals surface area contributed by atoms with E-state index in [4.69, 9.17) is 0 Å². The summed E-state index contributed by atoms with van der Waals surface area (Å²) in [4.78, 5) is 0. The molecule has 5 fully saturated rings. The minimum absolute atomic E-state index is 0.589. The Labute approximate surface area is 99.4 Å². The molecule has 0 aromatic rings. The summed E-state index contributed by atoms with van der Waals surface area (Å²) in [5, 5.41) is 3.63. The van der Waals surface area contributed by atoms with Crippen LogP contribution in [-0.4, -0.2) is 12.6 Å². The van der Waals surface area contributed by atoms with Crippen LogP contribution in [0.25, 0.3) is 0 Å². The molecule has 0 spiro atoms. The summed E-state index contributed by atoms with van der Waals surface area (Å²) in [5.41, 5.74) is 1.37. The molecule has 5 aliphatic carbocycles. The summed E-state index contributed by atoms with van der Waals surface area (Å²) >= 11 is 0. The lowest BCUT2D eigenvalue weighted by atomic mass is 9.48. The van der Waals surface area contributed by atoms with Gasteiger partial charge in [-0.2, -0.15) is 0 Å². The molecule has 0 atom stereocenters. The van der Waals surface area contributed by atoms with Crippen LogP contribution in [0.1, 0.15) is 57.8 Å². The highest BCUT2D eigenvalue weighted by Crippen LogP contribution is 2.64. The van der Waals surface area contributed by atoms with Crippen molar-refractivity contribution in [2.24, 2.45) is 23.2 Å². The average molecular weight is 219 g/mol. The van der Waals surface area contributed by atoms with E-state index in [1.165, 1.54) is 19.3 Å². The SMILES string of the molecule is CNC1(CC23CC4CC(CC(C4)C2)C3)CC1. The average Bonchev–Trinajstić information content (AvgIpc) is 2.95. The molecule has 1 nitrogen and oxygen atoms in total. The smallest absolute Gasteiger partial charge is 0.0185 e. The maximum Gasteiger partial charge on any atom is 0.0185 e. The van der Waals surface area contributed by atoms with Crippen molar-refractivity contribution in [1.82, 2.24) is 5.32 Å². The standard InChI is InChI=1S/C15H25N/c1-16-15(2-3-15)10-14-7-11-4-12(8-14)6-13(5-11)9-14/h11-13,16H,2-10H2,1H3. The predicted octanol–water partition coefficient (Wildman–Crippen LogP) is 3.34. The highest BCUT2D eigenvalue weighted by atomic mass is 15.0. The fourth-order valence-corrected chi connectivity index (χ4v) is 5.89. The highest BCUT2D eigenvalue weighted by molar-refractivity contribution is 5.10. The second kappa shape index (κ2) is 3.04. The fourth-order valence-electron chi connectivity index (χ4n) is 5.89. The first-order chi connectivity index (χ1) is 7.71. The van der Waals surface area contributed by atoms with Gasteiger partial charge in [-0.3, -0.25) is 0 Å². The maximum absolute atomic E-state index is 3.63. The zero-order valence-corrected chi connectivity index (χ0v) is 10.6. The minimum atomic E-state index is 0.589. The Morgan fingerprint density at radius 2 is 1.44 bits per heavy atom. The molecule has 0 aliphatic heterocycles. The highest BCUT2D eigenvalue weighted by Gasteiger charge is 2.55. The molecule has 5 rings (SSSR count). The molecule has 5 aliphatic rings. The van der Waals surface area contributed by atoms with Gasteiger partial charge in [-0.05, 0) is 88.0 Å². The first-order valence-corrected chi connectivity index (χ1v) is 7.40. The molecule has 0 radical (unpaired) electrons. The third-order valence-electron chi connectivity index (χ3n) is 6.26. The molecule has 0 amide bonds. The quantitative estimate of drug-likeness (QED) is 0.767. The van der Waals surface area contributed by atoms with Gasteiger partial charge in [0.05, 0.1) is 0 Å². The minimum Gasteiger partial charge on any atom is -0.314 e. The molecule has 4 bridgehead atoms. The van der Waals surface area contributed by atoms with E-state index in [1.807, 2.05) is 0 Å². The van der Waals surface area contributed by atoms with Crippen molar-refractivity contribution >= 4 is 0 Å². The summed E-state index contributed by atoms with van der Waals surface area (Å²) < 4.78 is 0. The second-order valence-electron chi connectivity index (χ2n) is 7.62. The number of rotatable bonds is 3. The Kier molecular flexibility index (Phi) is 1.89. The molecule has 0 aromatic heterocycles. The molecular weight excluding hydrogens is 194 g/mol. The third kappa shape index (κ3) is 1.40. The molecule has 1 heteroatoms. The molecular formula is C15H25N. The number of hydrogen-bond donors (Lipinski definition) is 1. The van der Waals surface area contributed by atoms with Crippen LogP contribution in [0.15, 0.2) is 0 Å². The van der Waals surface area contributed by atoms with Gasteiger partial charge in [0, 0.05) is 5.54 Å². The van der Waals surface area contributed by atoms with E-state index < -0.39 is 0 Å². The molecule has 90 valence electrons. The molecule has 16 heavy (non-hydrogen) atoms. The van der Waals surface area contributed by atoms with Crippen molar-refractivity contribution in [3.8, 4) is 0 Å². The van der Waals surface area contributed by atoms with Gasteiger partial charge in [0.25, 0.3) is 0 Å². The molecule has 0 heterocycles. The van der Waals surface area contributed by atoms with Crippen LogP contribution in [0.5, 0.6) is 0 Å². The molecule has 5 saturated carbocycles. The lowest BCUT2D eigenvalue weighted by molar-refractivity contribution is -0.0634. The van der Waals surface area contributed by atoms with E-state index in [2.05, 4.69) is 12.4 Å². The summed E-state index contributed by atoms with van der Waals surface area (Å²) in [7, 11) is 2.19. The molecule has 0 aromatic carbocycles. The van der Waals surface area contributed by atoms with Gasteiger partial charge in [-0.15, -0.1) is 0 Å². The Morgan fingerprint density at radius 3 is 1.81 bits per heavy atom. The predicted molar refractivity (Wildman–Crippen MR) is 66.2 cm³/mol. The van der Waals surface area contributed by atoms with Gasteiger partial charge in [0.1, 0.15) is 0 Å². The van der Waals surface area contributed by atoms with E-state index in [0.29, 0.717) is 5.54 Å². The van der Waals surface area contributed by atoms with E-state index in [0.717, 1.165) is 23.2 Å². The lowest BCUT2D eigenvalue weighted by Crippen LogP contribution is -2.49. The second-order valence-corrected chi connectivity index (χ2v) is 7.62. The van der Waals surface area contributed by atoms with Gasteiger partial charge in [-0.1, -0.05) is 0 Å². The van der Waals surface area contributed by atoms with Crippen LogP contribution < -0.4 is 5.32 Å². The van der Waals surface area contributed by atoms with Gasteiger partial charge < -0.3 is 5.32 Å². The van der Waals surface area contributed by atoms with Crippen molar-refractivity contribution in [2.45, 2.75) is 63.3 Å². The topological polar surface area (TPSA) is 12.0 Å². The van der Waals surface area contributed by atoms with Crippen molar-refractivity contribution in [3.63, 3.8) is 0 Å². The summed E-state index contributed by atoms with van der Waals surface area (Å²) in [6.45, 7) is 0. The fraction of sp³-hybridized carbons (Fsp3) is 1.00. The van der Waals surface area contributed by atoms with Gasteiger partial charge in [0.2, 0.25) is 0 Å². The van der Waals surface area contributed by atoms with Crippen LogP contribution >= 0.6 is 0 Å². The van der Waals surface area contributed by atoms with Crippen molar-refractivity contribution in [1.29, 1.82) is 0 Å². The first kappa shape index (κ1) is 9.94. The van der Waals surface area contributed by atoms with Crippen LogP contribution in [-0.2, 0) is 0 Å². The third-order valence-corrected chi connectivity index (χ3v) is 6.26. The van der Waals surface area contributed by atoms with E-state index >= 15 is 0 Å². The molecule has 0 unspecified atom stereocenters. The Balaban J connectivity index is 1.57. The normalized spacial score (nSPS) is 51.9. The van der Waals surface area contributed by atoms with Gasteiger partial charge >= 0.3 is 0 Å². The van der Waals surface area contributed by atoms with Crippen LogP contribution in [0.2, 0.25) is 0 Å². The van der Waals surface area contributed by atoms with Crippen molar-refractivity contribution in [2.75, 3.05) is 7.05 Å². The molecule has 1 N–H and O–H groups in total. The van der Waals surface area contributed by atoms with Crippen LogP contribution in [0.4, 0.5) is 0 Å². The monoisotopic (exact) mass is 219 g/mol. The van der Waals surface area contributed by atoms with E-state index in [1.54, 1.807) is 38.5 Å². The molecule has 0 saturated heterocycles. The Hall–Kier alpha value is -0.0400. The maximum atomic E-state index is 3.63. The van der Waals surface area contributed by atoms with Crippen LogP contribution in [0, 0.1) is 23.2 Å². The Bertz CT molecular complexity index is 267. The first-order valence-electron chi connectivity index (χ1n) is 7.40.